The zero-order valence-corrected chi connectivity index (χ0v) is 8.53. The lowest BCUT2D eigenvalue weighted by Gasteiger charge is -1.98. The van der Waals surface area contributed by atoms with Gasteiger partial charge in [-0.1, -0.05) is 0 Å². The van der Waals surface area contributed by atoms with Gasteiger partial charge in [-0.15, -0.1) is 12.6 Å². The summed E-state index contributed by atoms with van der Waals surface area (Å²) in [5.41, 5.74) is -0.127. The largest absolute Gasteiger partial charge is 0.507 e. The van der Waals surface area contributed by atoms with Gasteiger partial charge in [-0.05, 0) is 25.1 Å². The Kier molecular flexibility index (Phi) is 5.74. The van der Waals surface area contributed by atoms with Crippen molar-refractivity contribution >= 4 is 18.6 Å². The van der Waals surface area contributed by atoms with Crippen LogP contribution in [0, 0.1) is 0 Å². The van der Waals surface area contributed by atoms with Crippen LogP contribution in [0.15, 0.2) is 23.1 Å². The smallest absolute Gasteiger partial charge is 0.339 e. The van der Waals surface area contributed by atoms with Gasteiger partial charge >= 0.3 is 5.97 Å². The maximum Gasteiger partial charge on any atom is 0.339 e. The number of phenols is 1. The normalized spacial score (nSPS) is 8.79. The molecule has 0 amide bonds. The molecule has 0 aromatic heterocycles. The lowest BCUT2D eigenvalue weighted by molar-refractivity contribution is 0.0693. The van der Waals surface area contributed by atoms with Crippen molar-refractivity contribution in [2.75, 3.05) is 6.61 Å². The van der Waals surface area contributed by atoms with Gasteiger partial charge in [0.2, 0.25) is 0 Å². The maximum absolute atomic E-state index is 10.4. The quantitative estimate of drug-likeness (QED) is 0.535. The Hall–Kier alpha value is -1.20. The number of carboxylic acids is 1. The fourth-order valence-corrected chi connectivity index (χ4v) is 0.899. The molecule has 0 radical (unpaired) electrons. The summed E-state index contributed by atoms with van der Waals surface area (Å²) in [6.07, 6.45) is 0. The molecule has 1 aromatic rings. The lowest BCUT2D eigenvalue weighted by atomic mass is 10.2. The number of hydrogen-bond donors (Lipinski definition) is 4. The highest BCUT2D eigenvalue weighted by molar-refractivity contribution is 7.80. The van der Waals surface area contributed by atoms with Gasteiger partial charge in [-0.25, -0.2) is 4.79 Å². The zero-order chi connectivity index (χ0) is 11.1. The first-order chi connectivity index (χ1) is 6.52. The van der Waals surface area contributed by atoms with Crippen LogP contribution in [0.5, 0.6) is 5.75 Å². The molecular formula is C9H12O4S. The Bertz CT molecular complexity index is 312. The fraction of sp³-hybridized carbons (Fsp3) is 0.222. The molecule has 78 valence electrons. The zero-order valence-electron chi connectivity index (χ0n) is 7.64. The van der Waals surface area contributed by atoms with E-state index in [2.05, 4.69) is 12.6 Å². The number of thiol groups is 1. The molecule has 0 aliphatic heterocycles. The predicted molar refractivity (Wildman–Crippen MR) is 55.1 cm³/mol. The van der Waals surface area contributed by atoms with Crippen molar-refractivity contribution in [3.05, 3.63) is 23.8 Å². The minimum atomic E-state index is -1.15. The van der Waals surface area contributed by atoms with Crippen molar-refractivity contribution in [2.24, 2.45) is 0 Å². The fourth-order valence-electron chi connectivity index (χ4n) is 0.695. The summed E-state index contributed by atoms with van der Waals surface area (Å²) in [6.45, 7) is 1.93. The molecule has 1 rings (SSSR count). The highest BCUT2D eigenvalue weighted by Crippen LogP contribution is 2.19. The van der Waals surface area contributed by atoms with Crippen LogP contribution in [0.4, 0.5) is 0 Å². The molecule has 0 bridgehead atoms. The molecule has 0 saturated carbocycles. The Morgan fingerprint density at radius 2 is 2.00 bits per heavy atom. The summed E-state index contributed by atoms with van der Waals surface area (Å²) < 4.78 is 0. The van der Waals surface area contributed by atoms with Gasteiger partial charge < -0.3 is 15.3 Å². The van der Waals surface area contributed by atoms with Gasteiger partial charge in [0.1, 0.15) is 11.3 Å². The van der Waals surface area contributed by atoms with E-state index in [-0.39, 0.29) is 17.9 Å². The van der Waals surface area contributed by atoms with Crippen molar-refractivity contribution in [1.29, 1.82) is 0 Å². The van der Waals surface area contributed by atoms with Gasteiger partial charge in [0.15, 0.2) is 0 Å². The first kappa shape index (κ1) is 12.8. The van der Waals surface area contributed by atoms with Gasteiger partial charge in [0, 0.05) is 11.5 Å². The van der Waals surface area contributed by atoms with Crippen LogP contribution < -0.4 is 0 Å². The van der Waals surface area contributed by atoms with Crippen molar-refractivity contribution in [2.45, 2.75) is 11.8 Å². The molecule has 1 aromatic carbocycles. The number of aliphatic hydroxyl groups excluding tert-OH is 1. The highest BCUT2D eigenvalue weighted by atomic mass is 32.1. The third-order valence-corrected chi connectivity index (χ3v) is 1.49. The Morgan fingerprint density at radius 1 is 1.50 bits per heavy atom. The molecule has 0 spiro atoms. The van der Waals surface area contributed by atoms with Crippen molar-refractivity contribution in [3.63, 3.8) is 0 Å². The molecule has 4 nitrogen and oxygen atoms in total. The molecular weight excluding hydrogens is 204 g/mol. The van der Waals surface area contributed by atoms with E-state index < -0.39 is 5.97 Å². The highest BCUT2D eigenvalue weighted by Gasteiger charge is 2.08. The summed E-state index contributed by atoms with van der Waals surface area (Å²) in [5.74, 6) is -1.39. The van der Waals surface area contributed by atoms with Gasteiger partial charge in [-0.2, -0.15) is 0 Å². The molecule has 0 unspecified atom stereocenters. The maximum atomic E-state index is 10.4. The van der Waals surface area contributed by atoms with Crippen LogP contribution >= 0.6 is 12.6 Å². The predicted octanol–water partition coefficient (Wildman–Crippen LogP) is 1.38. The van der Waals surface area contributed by atoms with Crippen molar-refractivity contribution < 1.29 is 20.1 Å². The molecule has 3 N–H and O–H groups in total. The van der Waals surface area contributed by atoms with Crippen LogP contribution in [-0.4, -0.2) is 27.9 Å². The molecule has 0 fully saturated rings. The van der Waals surface area contributed by atoms with E-state index >= 15 is 0 Å². The van der Waals surface area contributed by atoms with E-state index in [1.165, 1.54) is 18.2 Å². The summed E-state index contributed by atoms with van der Waals surface area (Å²) in [5, 5.41) is 25.1. The number of aromatic hydroxyl groups is 1. The van der Waals surface area contributed by atoms with E-state index in [1.54, 1.807) is 6.92 Å². The van der Waals surface area contributed by atoms with E-state index in [0.29, 0.717) is 4.90 Å². The molecule has 0 saturated heterocycles. The Balaban J connectivity index is 0.000000500. The lowest BCUT2D eigenvalue weighted by Crippen LogP contribution is -1.95. The Labute approximate surface area is 87.2 Å². The van der Waals surface area contributed by atoms with Crippen LogP contribution in [0.25, 0.3) is 0 Å². The van der Waals surface area contributed by atoms with Crippen molar-refractivity contribution in [1.82, 2.24) is 0 Å². The molecule has 0 heterocycles. The minimum absolute atomic E-state index is 0.127. The number of hydrogen-bond acceptors (Lipinski definition) is 4. The van der Waals surface area contributed by atoms with E-state index in [9.17, 15) is 4.79 Å². The average molecular weight is 216 g/mol. The minimum Gasteiger partial charge on any atom is -0.507 e. The van der Waals surface area contributed by atoms with Gasteiger partial charge in [-0.3, -0.25) is 0 Å². The third kappa shape index (κ3) is 4.15. The van der Waals surface area contributed by atoms with Crippen molar-refractivity contribution in [3.8, 4) is 5.75 Å². The van der Waals surface area contributed by atoms with Gasteiger partial charge in [0.05, 0.1) is 0 Å². The monoisotopic (exact) mass is 216 g/mol. The van der Waals surface area contributed by atoms with Crippen LogP contribution in [0.1, 0.15) is 17.3 Å². The average Bonchev–Trinajstić information content (AvgIpc) is 2.10. The summed E-state index contributed by atoms with van der Waals surface area (Å²) in [6, 6.07) is 4.11. The van der Waals surface area contributed by atoms with Crippen LogP contribution in [0.3, 0.4) is 0 Å². The number of carboxylic acid groups (broad SMARTS) is 1. The number of aliphatic hydroxyl groups is 1. The second-order valence-electron chi connectivity index (χ2n) is 2.32. The Morgan fingerprint density at radius 3 is 2.36 bits per heavy atom. The molecule has 14 heavy (non-hydrogen) atoms. The van der Waals surface area contributed by atoms with E-state index in [0.717, 1.165) is 0 Å². The SMILES string of the molecule is CCO.O=C(O)c1cc(S)ccc1O. The summed E-state index contributed by atoms with van der Waals surface area (Å²) in [4.78, 5) is 10.9. The topological polar surface area (TPSA) is 77.8 Å². The summed E-state index contributed by atoms with van der Waals surface area (Å²) in [7, 11) is 0. The standard InChI is InChI=1S/C7H6O3S.C2H6O/c8-6-2-1-4(11)3-5(6)7(9)10;1-2-3/h1-3,8,11H,(H,9,10);3H,2H2,1H3. The number of rotatable bonds is 1. The summed E-state index contributed by atoms with van der Waals surface area (Å²) >= 11 is 3.92. The third-order valence-electron chi connectivity index (χ3n) is 1.21. The molecule has 0 aliphatic carbocycles. The van der Waals surface area contributed by atoms with Crippen LogP contribution in [0.2, 0.25) is 0 Å². The second-order valence-corrected chi connectivity index (χ2v) is 2.84. The second kappa shape index (κ2) is 6.28. The van der Waals surface area contributed by atoms with Crippen LogP contribution in [-0.2, 0) is 0 Å². The molecule has 0 atom stereocenters. The first-order valence-corrected chi connectivity index (χ1v) is 4.33. The van der Waals surface area contributed by atoms with E-state index in [4.69, 9.17) is 15.3 Å². The first-order valence-electron chi connectivity index (χ1n) is 3.89. The molecule has 5 heteroatoms. The number of aromatic carboxylic acids is 1. The number of carbonyl (C=O) groups is 1. The van der Waals surface area contributed by atoms with Gasteiger partial charge in [0.25, 0.3) is 0 Å². The number of benzene rings is 1. The van der Waals surface area contributed by atoms with E-state index in [1.807, 2.05) is 0 Å². The molecule has 0 aliphatic rings.